The fourth-order valence-corrected chi connectivity index (χ4v) is 4.56. The highest BCUT2D eigenvalue weighted by Gasteiger charge is 2.38. The largest absolute Gasteiger partial charge is 0.325 e. The first-order valence-electron chi connectivity index (χ1n) is 9.74. The van der Waals surface area contributed by atoms with Crippen molar-refractivity contribution in [2.24, 2.45) is 0 Å². The van der Waals surface area contributed by atoms with Crippen LogP contribution in [-0.2, 0) is 4.79 Å². The Morgan fingerprint density at radius 3 is 2.32 bits per heavy atom. The standard InChI is InChI=1S/C23H18FN5OS/c24-17-13-11-15(12-14-17)19-20(22(30)25-18-9-5-2-6-10-18)31-23-27-26-21(29(23)28-19)16-7-3-1-4-8-16/h1-14,19-20,28H,(H,25,30)/t19-,20-/m0/s1. The molecule has 2 atom stereocenters. The molecule has 3 aromatic carbocycles. The molecule has 31 heavy (non-hydrogen) atoms. The van der Waals surface area contributed by atoms with Gasteiger partial charge in [-0.15, -0.1) is 10.2 Å². The van der Waals surface area contributed by atoms with Gasteiger partial charge in [0, 0.05) is 11.3 Å². The van der Waals surface area contributed by atoms with Crippen LogP contribution in [0, 0.1) is 5.82 Å². The number of fused-ring (bicyclic) bond motifs is 1. The SMILES string of the molecule is O=C(Nc1ccccc1)[C@H]1Sc2nnc(-c3ccccc3)n2N[C@H]1c1ccc(F)cc1. The number of carbonyl (C=O) groups is 1. The van der Waals surface area contributed by atoms with Crippen molar-refractivity contribution < 1.29 is 9.18 Å². The smallest absolute Gasteiger partial charge is 0.240 e. The summed E-state index contributed by atoms with van der Waals surface area (Å²) >= 11 is 1.33. The van der Waals surface area contributed by atoms with Gasteiger partial charge in [0.2, 0.25) is 11.1 Å². The molecule has 0 unspecified atom stereocenters. The first kappa shape index (κ1) is 19.3. The van der Waals surface area contributed by atoms with Crippen LogP contribution in [0.1, 0.15) is 11.6 Å². The number of para-hydroxylation sites is 1. The Bertz CT molecular complexity index is 1200. The van der Waals surface area contributed by atoms with Crippen molar-refractivity contribution in [2.75, 3.05) is 10.7 Å². The zero-order chi connectivity index (χ0) is 21.2. The van der Waals surface area contributed by atoms with E-state index in [9.17, 15) is 9.18 Å². The van der Waals surface area contributed by atoms with E-state index in [1.165, 1.54) is 23.9 Å². The van der Waals surface area contributed by atoms with Gasteiger partial charge in [-0.05, 0) is 29.8 Å². The van der Waals surface area contributed by atoms with E-state index in [-0.39, 0.29) is 11.7 Å². The summed E-state index contributed by atoms with van der Waals surface area (Å²) in [6, 6.07) is 24.7. The number of aromatic nitrogens is 3. The lowest BCUT2D eigenvalue weighted by atomic mass is 10.0. The van der Waals surface area contributed by atoms with E-state index in [2.05, 4.69) is 20.9 Å². The van der Waals surface area contributed by atoms with E-state index in [0.717, 1.165) is 11.1 Å². The Hall–Kier alpha value is -3.65. The average molecular weight is 431 g/mol. The number of nitrogens with zero attached hydrogens (tertiary/aromatic N) is 3. The summed E-state index contributed by atoms with van der Waals surface area (Å²) in [6.45, 7) is 0. The molecule has 0 radical (unpaired) electrons. The molecule has 2 N–H and O–H groups in total. The summed E-state index contributed by atoms with van der Waals surface area (Å²) < 4.78 is 15.3. The minimum Gasteiger partial charge on any atom is -0.325 e. The number of thioether (sulfide) groups is 1. The highest BCUT2D eigenvalue weighted by atomic mass is 32.2. The molecule has 1 amide bonds. The fraction of sp³-hybridized carbons (Fsp3) is 0.0870. The lowest BCUT2D eigenvalue weighted by Gasteiger charge is -2.33. The summed E-state index contributed by atoms with van der Waals surface area (Å²) in [4.78, 5) is 13.2. The number of nitrogens with one attached hydrogen (secondary N) is 2. The number of benzene rings is 3. The molecule has 1 aliphatic heterocycles. The van der Waals surface area contributed by atoms with Crippen molar-refractivity contribution in [3.8, 4) is 11.4 Å². The van der Waals surface area contributed by atoms with E-state index in [1.54, 1.807) is 16.8 Å². The number of halogens is 1. The number of anilines is 1. The maximum Gasteiger partial charge on any atom is 0.240 e. The Labute approximate surface area is 182 Å². The molecule has 0 bridgehead atoms. The zero-order valence-corrected chi connectivity index (χ0v) is 17.1. The van der Waals surface area contributed by atoms with Gasteiger partial charge < -0.3 is 10.7 Å². The molecule has 2 heterocycles. The Balaban J connectivity index is 1.52. The normalized spacial score (nSPS) is 17.5. The molecule has 154 valence electrons. The van der Waals surface area contributed by atoms with E-state index < -0.39 is 11.3 Å². The molecule has 4 aromatic rings. The van der Waals surface area contributed by atoms with Gasteiger partial charge in [0.15, 0.2) is 5.82 Å². The minimum atomic E-state index is -0.536. The second-order valence-electron chi connectivity index (χ2n) is 7.06. The van der Waals surface area contributed by atoms with Gasteiger partial charge >= 0.3 is 0 Å². The molecule has 1 aliphatic rings. The van der Waals surface area contributed by atoms with Crippen LogP contribution < -0.4 is 10.7 Å². The topological polar surface area (TPSA) is 71.8 Å². The number of amides is 1. The van der Waals surface area contributed by atoms with E-state index in [4.69, 9.17) is 0 Å². The van der Waals surface area contributed by atoms with Crippen LogP contribution in [0.3, 0.4) is 0 Å². The first-order valence-corrected chi connectivity index (χ1v) is 10.6. The maximum absolute atomic E-state index is 13.5. The van der Waals surface area contributed by atoms with Gasteiger partial charge in [-0.25, -0.2) is 9.07 Å². The van der Waals surface area contributed by atoms with Gasteiger partial charge in [-0.1, -0.05) is 72.4 Å². The van der Waals surface area contributed by atoms with E-state index >= 15 is 0 Å². The molecule has 0 fully saturated rings. The predicted octanol–water partition coefficient (Wildman–Crippen LogP) is 4.48. The summed E-state index contributed by atoms with van der Waals surface area (Å²) in [7, 11) is 0. The van der Waals surface area contributed by atoms with Crippen molar-refractivity contribution in [1.29, 1.82) is 0 Å². The molecule has 8 heteroatoms. The number of hydrogen-bond acceptors (Lipinski definition) is 5. The molecular formula is C23H18FN5OS. The van der Waals surface area contributed by atoms with Crippen LogP contribution in [0.5, 0.6) is 0 Å². The van der Waals surface area contributed by atoms with Crippen molar-refractivity contribution in [3.05, 3.63) is 96.3 Å². The van der Waals surface area contributed by atoms with Crippen LogP contribution in [0.15, 0.2) is 90.1 Å². The van der Waals surface area contributed by atoms with E-state index in [1.807, 2.05) is 60.7 Å². The molecule has 5 rings (SSSR count). The van der Waals surface area contributed by atoms with Crippen molar-refractivity contribution >= 4 is 23.4 Å². The second kappa shape index (κ2) is 8.23. The summed E-state index contributed by atoms with van der Waals surface area (Å²) in [6.07, 6.45) is 0. The predicted molar refractivity (Wildman–Crippen MR) is 119 cm³/mol. The molecule has 1 aromatic heterocycles. The third kappa shape index (κ3) is 3.89. The van der Waals surface area contributed by atoms with Crippen LogP contribution in [0.25, 0.3) is 11.4 Å². The fourth-order valence-electron chi connectivity index (χ4n) is 3.48. The second-order valence-corrected chi connectivity index (χ2v) is 8.17. The maximum atomic E-state index is 13.5. The van der Waals surface area contributed by atoms with E-state index in [0.29, 0.717) is 16.7 Å². The van der Waals surface area contributed by atoms with Crippen LogP contribution >= 0.6 is 11.8 Å². The molecule has 0 saturated carbocycles. The van der Waals surface area contributed by atoms with Gasteiger partial charge in [0.1, 0.15) is 11.1 Å². The molecule has 6 nitrogen and oxygen atoms in total. The lowest BCUT2D eigenvalue weighted by Crippen LogP contribution is -2.41. The number of hydrogen-bond donors (Lipinski definition) is 2. The Kier molecular flexibility index (Phi) is 5.13. The monoisotopic (exact) mass is 431 g/mol. The highest BCUT2D eigenvalue weighted by molar-refractivity contribution is 8.00. The quantitative estimate of drug-likeness (QED) is 0.498. The first-order chi connectivity index (χ1) is 15.2. The molecule has 0 spiro atoms. The van der Waals surface area contributed by atoms with Crippen molar-refractivity contribution in [1.82, 2.24) is 14.9 Å². The van der Waals surface area contributed by atoms with Crippen LogP contribution in [0.4, 0.5) is 10.1 Å². The summed E-state index contributed by atoms with van der Waals surface area (Å²) in [5.74, 6) is 0.151. The van der Waals surface area contributed by atoms with Gasteiger partial charge in [0.25, 0.3) is 0 Å². The number of rotatable bonds is 4. The molecule has 0 saturated heterocycles. The molecular weight excluding hydrogens is 413 g/mol. The number of carbonyl (C=O) groups excluding carboxylic acids is 1. The average Bonchev–Trinajstić information content (AvgIpc) is 3.23. The van der Waals surface area contributed by atoms with Gasteiger partial charge in [-0.2, -0.15) is 0 Å². The van der Waals surface area contributed by atoms with Crippen molar-refractivity contribution in [2.45, 2.75) is 16.4 Å². The Morgan fingerprint density at radius 2 is 1.61 bits per heavy atom. The molecule has 0 aliphatic carbocycles. The highest BCUT2D eigenvalue weighted by Crippen LogP contribution is 2.39. The van der Waals surface area contributed by atoms with Crippen molar-refractivity contribution in [3.63, 3.8) is 0 Å². The van der Waals surface area contributed by atoms with Crippen LogP contribution in [0.2, 0.25) is 0 Å². The third-order valence-corrected chi connectivity index (χ3v) is 6.21. The van der Waals surface area contributed by atoms with Gasteiger partial charge in [0.05, 0.1) is 6.04 Å². The summed E-state index contributed by atoms with van der Waals surface area (Å²) in [5, 5.41) is 11.6. The minimum absolute atomic E-state index is 0.173. The Morgan fingerprint density at radius 1 is 0.935 bits per heavy atom. The third-order valence-electron chi connectivity index (χ3n) is 5.00. The lowest BCUT2D eigenvalue weighted by molar-refractivity contribution is -0.116. The zero-order valence-electron chi connectivity index (χ0n) is 16.3. The summed E-state index contributed by atoms with van der Waals surface area (Å²) in [5.41, 5.74) is 5.79. The van der Waals surface area contributed by atoms with Gasteiger partial charge in [-0.3, -0.25) is 4.79 Å². The van der Waals surface area contributed by atoms with Crippen LogP contribution in [-0.4, -0.2) is 26.0 Å².